The van der Waals surface area contributed by atoms with Gasteiger partial charge in [-0.15, -0.1) is 0 Å². The summed E-state index contributed by atoms with van der Waals surface area (Å²) in [7, 11) is -6.40. The van der Waals surface area contributed by atoms with Gasteiger partial charge in [0.2, 0.25) is 7.37 Å². The number of allylic oxidation sites excluding steroid dienone is 4. The Morgan fingerprint density at radius 1 is 0.953 bits per heavy atom. The molecule has 4 nitrogen and oxygen atoms in total. The normalized spacial score (nSPS) is 27.7. The molecule has 0 N–H and O–H groups in total. The van der Waals surface area contributed by atoms with E-state index in [0.29, 0.717) is 47.7 Å². The van der Waals surface area contributed by atoms with Crippen LogP contribution < -0.4 is 4.52 Å². The second-order valence-electron chi connectivity index (χ2n) is 14.2. The lowest BCUT2D eigenvalue weighted by molar-refractivity contribution is 0.0618. The van der Waals surface area contributed by atoms with E-state index in [9.17, 15) is 4.57 Å². The van der Waals surface area contributed by atoms with Gasteiger partial charge in [-0.2, -0.15) is 0 Å². The summed E-state index contributed by atoms with van der Waals surface area (Å²) in [5.74, 6) is 3.27. The van der Waals surface area contributed by atoms with Crippen LogP contribution in [0.25, 0.3) is 0 Å². The van der Waals surface area contributed by atoms with E-state index in [1.165, 1.54) is 12.0 Å². The average Bonchev–Trinajstić information content (AvgIpc) is 2.98. The molecule has 2 bridgehead atoms. The first-order chi connectivity index (χ1) is 20.4. The van der Waals surface area contributed by atoms with Crippen LogP contribution in [0.3, 0.4) is 0 Å². The zero-order valence-electron chi connectivity index (χ0n) is 27.1. The topological polar surface area (TPSA) is 52.6 Å². The van der Waals surface area contributed by atoms with E-state index in [1.54, 1.807) is 0 Å². The molecule has 2 aromatic carbocycles. The number of fused-ring (bicyclic) bond motifs is 2. The van der Waals surface area contributed by atoms with Crippen molar-refractivity contribution in [3.05, 3.63) is 89.0 Å². The van der Waals surface area contributed by atoms with Crippen LogP contribution in [0.4, 0.5) is 0 Å². The molecule has 2 saturated carbocycles. The lowest BCUT2D eigenvalue weighted by Crippen LogP contribution is -2.35. The second-order valence-corrected chi connectivity index (χ2v) is 19.4. The molecule has 0 saturated heterocycles. The first-order valence-electron chi connectivity index (χ1n) is 16.5. The molecule has 0 spiro atoms. The van der Waals surface area contributed by atoms with Crippen molar-refractivity contribution in [2.75, 3.05) is 18.5 Å². The third-order valence-corrected chi connectivity index (χ3v) is 15.4. The Kier molecular flexibility index (Phi) is 10.3. The van der Waals surface area contributed by atoms with Crippen LogP contribution in [0.2, 0.25) is 0 Å². The summed E-state index contributed by atoms with van der Waals surface area (Å²) in [5.41, 5.74) is 4.49. The maximum atomic E-state index is 15.0. The van der Waals surface area contributed by atoms with Gasteiger partial charge in [0.05, 0.1) is 12.3 Å². The lowest BCUT2D eigenvalue weighted by atomic mass is 9.67. The molecule has 6 heteroatoms. The molecule has 0 radical (unpaired) electrons. The van der Waals surface area contributed by atoms with Gasteiger partial charge >= 0.3 is 0 Å². The van der Waals surface area contributed by atoms with Crippen molar-refractivity contribution in [1.29, 1.82) is 0 Å². The Labute approximate surface area is 260 Å². The van der Waals surface area contributed by atoms with E-state index < -0.39 is 14.7 Å². The number of rotatable bonds is 13. The van der Waals surface area contributed by atoms with Crippen molar-refractivity contribution >= 4 is 14.7 Å². The third kappa shape index (κ3) is 8.06. The first kappa shape index (κ1) is 32.5. The highest BCUT2D eigenvalue weighted by Crippen LogP contribution is 2.61. The molecule has 0 amide bonds. The Morgan fingerprint density at radius 3 is 2.35 bits per heavy atom. The molecule has 0 aromatic heterocycles. The van der Waals surface area contributed by atoms with Crippen LogP contribution in [-0.2, 0) is 19.8 Å². The Hall–Kier alpha value is -1.86. The molecule has 7 unspecified atom stereocenters. The zero-order valence-corrected chi connectivity index (χ0v) is 28.9. The quantitative estimate of drug-likeness (QED) is 0.209. The van der Waals surface area contributed by atoms with Crippen LogP contribution >= 0.6 is 14.7 Å². The minimum atomic E-state index is -3.27. The molecular formula is C37H52O4P2. The van der Waals surface area contributed by atoms with E-state index in [1.807, 2.05) is 43.3 Å². The molecule has 5 rings (SSSR count). The summed E-state index contributed by atoms with van der Waals surface area (Å²) in [4.78, 5) is 0. The van der Waals surface area contributed by atoms with Crippen molar-refractivity contribution in [1.82, 2.24) is 0 Å². The van der Waals surface area contributed by atoms with Crippen molar-refractivity contribution in [3.63, 3.8) is 0 Å². The van der Waals surface area contributed by atoms with Crippen molar-refractivity contribution in [3.8, 4) is 5.75 Å². The molecule has 3 aliphatic rings. The van der Waals surface area contributed by atoms with Gasteiger partial charge in [0.1, 0.15) is 5.75 Å². The highest BCUT2D eigenvalue weighted by molar-refractivity contribution is 7.63. The van der Waals surface area contributed by atoms with E-state index in [4.69, 9.17) is 9.05 Å². The first-order valence-corrected chi connectivity index (χ1v) is 20.5. The standard InChI is InChI=1S/C37H52O4P2/c1-26(2)31-17-15-28(5)36(22-31)40-42(38,24-30-11-8-7-9-12-30)19-20-43(39,25-35-33-13-10-14-34(35)21-33)41-37-23-32(27(3)4)18-16-29(37)6/h7-15,17,22,26-27,29,32-33,35,37H,16,18-21,23-25H2,1-6H3. The van der Waals surface area contributed by atoms with Gasteiger partial charge < -0.3 is 9.05 Å². The van der Waals surface area contributed by atoms with Crippen molar-refractivity contribution < 1.29 is 18.2 Å². The highest BCUT2D eigenvalue weighted by Gasteiger charge is 2.44. The Balaban J connectivity index is 1.42. The van der Waals surface area contributed by atoms with Crippen molar-refractivity contribution in [2.24, 2.45) is 29.6 Å². The summed E-state index contributed by atoms with van der Waals surface area (Å²) < 4.78 is 43.3. The van der Waals surface area contributed by atoms with Gasteiger partial charge in [0.15, 0.2) is 0 Å². The predicted molar refractivity (Wildman–Crippen MR) is 181 cm³/mol. The average molecular weight is 623 g/mol. The van der Waals surface area contributed by atoms with E-state index in [-0.39, 0.29) is 24.3 Å². The predicted octanol–water partition coefficient (Wildman–Crippen LogP) is 10.9. The van der Waals surface area contributed by atoms with Crippen LogP contribution in [0.1, 0.15) is 82.9 Å². The molecule has 234 valence electrons. The fraction of sp³-hybridized carbons (Fsp3) is 0.568. The van der Waals surface area contributed by atoms with E-state index in [0.717, 1.165) is 36.0 Å². The van der Waals surface area contributed by atoms with Crippen LogP contribution in [-0.4, -0.2) is 24.6 Å². The summed E-state index contributed by atoms with van der Waals surface area (Å²) in [6, 6.07) is 16.2. The summed E-state index contributed by atoms with van der Waals surface area (Å²) in [5, 5.41) is 0. The van der Waals surface area contributed by atoms with Crippen LogP contribution in [0, 0.1) is 36.5 Å². The number of hydrogen-bond donors (Lipinski definition) is 0. The summed E-state index contributed by atoms with van der Waals surface area (Å²) in [6.07, 6.45) is 12.3. The minimum absolute atomic E-state index is 0.0178. The summed E-state index contributed by atoms with van der Waals surface area (Å²) >= 11 is 0. The number of aryl methyl sites for hydroxylation is 1. The molecule has 0 heterocycles. The lowest BCUT2D eigenvalue weighted by Gasteiger charge is -2.43. The Morgan fingerprint density at radius 2 is 1.70 bits per heavy atom. The number of benzene rings is 2. The van der Waals surface area contributed by atoms with E-state index in [2.05, 4.69) is 65.0 Å². The molecular weight excluding hydrogens is 570 g/mol. The SMILES string of the molecule is Cc1ccc(C(C)C)cc1OP(=O)(CCP(=O)(CC1C2=CC=CC1C2)OC1CC(C(C)C)CCC1C)Cc1ccccc1. The maximum Gasteiger partial charge on any atom is 0.252 e. The van der Waals surface area contributed by atoms with Gasteiger partial charge in [-0.05, 0) is 90.9 Å². The number of hydrogen-bond acceptors (Lipinski definition) is 4. The van der Waals surface area contributed by atoms with Gasteiger partial charge in [-0.25, -0.2) is 0 Å². The molecule has 2 fully saturated rings. The highest BCUT2D eigenvalue weighted by atomic mass is 31.2. The van der Waals surface area contributed by atoms with Crippen LogP contribution in [0.5, 0.6) is 5.75 Å². The smallest absolute Gasteiger partial charge is 0.252 e. The Bertz CT molecular complexity index is 1410. The van der Waals surface area contributed by atoms with Crippen LogP contribution in [0.15, 0.2) is 72.3 Å². The molecule has 43 heavy (non-hydrogen) atoms. The maximum absolute atomic E-state index is 15.0. The molecule has 2 aromatic rings. The van der Waals surface area contributed by atoms with Gasteiger partial charge in [-0.1, -0.05) is 101 Å². The summed E-state index contributed by atoms with van der Waals surface area (Å²) in [6.45, 7) is 13.2. The molecule has 3 aliphatic carbocycles. The largest absolute Gasteiger partial charge is 0.442 e. The monoisotopic (exact) mass is 622 g/mol. The minimum Gasteiger partial charge on any atom is -0.442 e. The fourth-order valence-corrected chi connectivity index (χ4v) is 13.4. The van der Waals surface area contributed by atoms with Gasteiger partial charge in [0.25, 0.3) is 7.37 Å². The zero-order chi connectivity index (χ0) is 30.8. The van der Waals surface area contributed by atoms with Crippen molar-refractivity contribution in [2.45, 2.75) is 85.4 Å². The third-order valence-electron chi connectivity index (χ3n) is 10.2. The fourth-order valence-electron chi connectivity index (χ4n) is 7.02. The van der Waals surface area contributed by atoms with Gasteiger partial charge in [-0.3, -0.25) is 9.13 Å². The second kappa shape index (κ2) is 13.6. The van der Waals surface area contributed by atoms with Gasteiger partial charge in [0, 0.05) is 18.5 Å². The molecule has 0 aliphatic heterocycles. The molecule has 7 atom stereocenters. The van der Waals surface area contributed by atoms with E-state index >= 15 is 4.57 Å².